The number of Topliss-reactive ketones (excluding diaryl/α,β-unsaturated/α-hetero) is 1. The number of amides is 2. The number of carbonyl (C=O) groups is 3. The minimum Gasteiger partial charge on any atom is -0.442 e. The van der Waals surface area contributed by atoms with E-state index in [1.165, 1.54) is 6.20 Å². The lowest BCUT2D eigenvalue weighted by Gasteiger charge is -2.18. The summed E-state index contributed by atoms with van der Waals surface area (Å²) in [6.07, 6.45) is 0.160. The molecule has 0 fully saturated rings. The summed E-state index contributed by atoms with van der Waals surface area (Å²) < 4.78 is 32.9. The molecule has 0 unspecified atom stereocenters. The topological polar surface area (TPSA) is 115 Å². The van der Waals surface area contributed by atoms with Crippen LogP contribution in [-0.4, -0.2) is 34.5 Å². The van der Waals surface area contributed by atoms with Crippen molar-refractivity contribution in [2.24, 2.45) is 5.73 Å². The van der Waals surface area contributed by atoms with Crippen LogP contribution >= 0.6 is 0 Å². The van der Waals surface area contributed by atoms with Gasteiger partial charge in [0.05, 0.1) is 12.6 Å². The van der Waals surface area contributed by atoms with Crippen LogP contribution in [0.1, 0.15) is 35.5 Å². The van der Waals surface area contributed by atoms with Crippen LogP contribution in [0, 0.1) is 0 Å². The number of aromatic nitrogens is 1. The Labute approximate surface area is 153 Å². The van der Waals surface area contributed by atoms with Gasteiger partial charge >= 0.3 is 0 Å². The molecule has 0 radical (unpaired) electrons. The van der Waals surface area contributed by atoms with Gasteiger partial charge in [-0.25, -0.2) is 13.8 Å². The molecule has 0 aliphatic carbocycles. The van der Waals surface area contributed by atoms with E-state index in [9.17, 15) is 23.2 Å². The third-order valence-electron chi connectivity index (χ3n) is 3.72. The molecule has 2 rings (SSSR count). The number of rotatable bonds is 10. The molecule has 27 heavy (non-hydrogen) atoms. The Hall–Kier alpha value is -3.10. The lowest BCUT2D eigenvalue weighted by molar-refractivity contribution is -0.124. The van der Waals surface area contributed by atoms with Gasteiger partial charge in [-0.2, -0.15) is 0 Å². The van der Waals surface area contributed by atoms with E-state index in [1.54, 1.807) is 30.3 Å². The number of hydrogen-bond donors (Lipinski definition) is 2. The van der Waals surface area contributed by atoms with Crippen molar-refractivity contribution in [1.82, 2.24) is 10.3 Å². The Morgan fingerprint density at radius 1 is 1.22 bits per heavy atom. The van der Waals surface area contributed by atoms with E-state index in [2.05, 4.69) is 10.3 Å². The number of ketones is 1. The fraction of sp³-hybridized carbons (Fsp3) is 0.333. The number of nitrogens with zero attached hydrogens (tertiary/aromatic N) is 1. The minimum absolute atomic E-state index is 0.309. The number of nitrogens with two attached hydrogens (primary N) is 1. The first-order chi connectivity index (χ1) is 12.8. The van der Waals surface area contributed by atoms with Gasteiger partial charge in [0.1, 0.15) is 12.3 Å². The summed E-state index contributed by atoms with van der Waals surface area (Å²) in [6.45, 7) is 0. The Morgan fingerprint density at radius 2 is 1.93 bits per heavy atom. The molecular formula is C18H19F2N3O4. The van der Waals surface area contributed by atoms with Crippen LogP contribution in [0.3, 0.4) is 0 Å². The molecule has 9 heteroatoms. The molecule has 3 N–H and O–H groups in total. The highest BCUT2D eigenvalue weighted by molar-refractivity contribution is 6.00. The predicted octanol–water partition coefficient (Wildman–Crippen LogP) is 1.88. The number of primary amides is 1. The van der Waals surface area contributed by atoms with Gasteiger partial charge in [0.2, 0.25) is 17.6 Å². The highest BCUT2D eigenvalue weighted by Gasteiger charge is 2.32. The number of alkyl halides is 2. The van der Waals surface area contributed by atoms with E-state index in [1.807, 2.05) is 0 Å². The zero-order valence-electron chi connectivity index (χ0n) is 14.4. The quantitative estimate of drug-likeness (QED) is 0.612. The molecule has 2 amide bonds. The molecule has 1 aromatic carbocycles. The summed E-state index contributed by atoms with van der Waals surface area (Å²) in [5, 5.41) is 2.25. The molecule has 0 spiro atoms. The highest BCUT2D eigenvalue weighted by atomic mass is 19.3. The second kappa shape index (κ2) is 9.02. The lowest BCUT2D eigenvalue weighted by atomic mass is 10.0. The van der Waals surface area contributed by atoms with Gasteiger partial charge in [-0.15, -0.1) is 0 Å². The van der Waals surface area contributed by atoms with Gasteiger partial charge in [-0.1, -0.05) is 30.3 Å². The largest absolute Gasteiger partial charge is 0.442 e. The third kappa shape index (κ3) is 6.61. The number of benzene rings is 1. The number of nitrogens with one attached hydrogen (secondary N) is 1. The molecule has 0 saturated heterocycles. The number of halogens is 2. The van der Waals surface area contributed by atoms with E-state index in [-0.39, 0.29) is 5.89 Å². The molecule has 0 aliphatic rings. The van der Waals surface area contributed by atoms with Crippen molar-refractivity contribution >= 4 is 17.6 Å². The van der Waals surface area contributed by atoms with Gasteiger partial charge in [0.15, 0.2) is 0 Å². The second-order valence-corrected chi connectivity index (χ2v) is 6.01. The average molecular weight is 379 g/mol. The first-order valence-electron chi connectivity index (χ1n) is 8.20. The van der Waals surface area contributed by atoms with E-state index in [0.717, 1.165) is 6.26 Å². The van der Waals surface area contributed by atoms with Crippen molar-refractivity contribution in [2.45, 2.75) is 37.6 Å². The maximum atomic E-state index is 14.1. The lowest BCUT2D eigenvalue weighted by Crippen LogP contribution is -2.44. The van der Waals surface area contributed by atoms with Crippen molar-refractivity contribution in [3.8, 4) is 0 Å². The van der Waals surface area contributed by atoms with Crippen LogP contribution in [0.25, 0.3) is 0 Å². The molecular weight excluding hydrogens is 360 g/mol. The van der Waals surface area contributed by atoms with E-state index >= 15 is 0 Å². The summed E-state index contributed by atoms with van der Waals surface area (Å²) >= 11 is 0. The molecule has 0 aliphatic heterocycles. The standard InChI is InChI=1S/C18H19F2N3O4/c19-18(20,11-12-4-2-1-3-5-12)7-6-15(25)23-13(10-14(21)24)16(26)17-22-8-9-27-17/h1-5,8-9,13H,6-7,10-11H2,(H2,21,24)(H,23,25)/t13-/m0/s1. The van der Waals surface area contributed by atoms with Crippen LogP contribution in [-0.2, 0) is 16.0 Å². The smallest absolute Gasteiger partial charge is 0.265 e. The van der Waals surface area contributed by atoms with Gasteiger partial charge in [-0.05, 0) is 5.56 Å². The molecule has 1 atom stereocenters. The number of carbonyl (C=O) groups excluding carboxylic acids is 3. The van der Waals surface area contributed by atoms with Gasteiger partial charge in [0, 0.05) is 19.3 Å². The average Bonchev–Trinajstić information content (AvgIpc) is 3.13. The monoisotopic (exact) mass is 379 g/mol. The Bertz CT molecular complexity index is 779. The van der Waals surface area contributed by atoms with Crippen LogP contribution in [0.5, 0.6) is 0 Å². The molecule has 0 saturated carbocycles. The summed E-state index contributed by atoms with van der Waals surface area (Å²) in [4.78, 5) is 39.0. The third-order valence-corrected chi connectivity index (χ3v) is 3.72. The maximum absolute atomic E-state index is 14.1. The fourth-order valence-corrected chi connectivity index (χ4v) is 2.45. The molecule has 2 aromatic rings. The van der Waals surface area contributed by atoms with Crippen molar-refractivity contribution in [1.29, 1.82) is 0 Å². The number of hydrogen-bond acceptors (Lipinski definition) is 5. The van der Waals surface area contributed by atoms with Crippen LogP contribution in [0.15, 0.2) is 47.2 Å². The van der Waals surface area contributed by atoms with E-state index in [0.29, 0.717) is 5.56 Å². The summed E-state index contributed by atoms with van der Waals surface area (Å²) in [7, 11) is 0. The SMILES string of the molecule is NC(=O)C[C@H](NC(=O)CCC(F)(F)Cc1ccccc1)C(=O)c1ncco1. The van der Waals surface area contributed by atoms with Crippen molar-refractivity contribution < 1.29 is 27.6 Å². The van der Waals surface area contributed by atoms with Gasteiger partial charge in [0.25, 0.3) is 11.8 Å². The Morgan fingerprint density at radius 3 is 2.52 bits per heavy atom. The Balaban J connectivity index is 1.92. The predicted molar refractivity (Wildman–Crippen MR) is 90.9 cm³/mol. The molecule has 144 valence electrons. The zero-order valence-corrected chi connectivity index (χ0v) is 14.4. The second-order valence-electron chi connectivity index (χ2n) is 6.01. The number of oxazole rings is 1. The summed E-state index contributed by atoms with van der Waals surface area (Å²) in [5.74, 6) is -5.80. The normalized spacial score (nSPS) is 12.4. The van der Waals surface area contributed by atoms with Crippen LogP contribution < -0.4 is 11.1 Å². The Kier molecular flexibility index (Phi) is 6.75. The molecule has 1 aromatic heterocycles. The van der Waals surface area contributed by atoms with E-state index in [4.69, 9.17) is 10.2 Å². The molecule has 0 bridgehead atoms. The van der Waals surface area contributed by atoms with Crippen molar-refractivity contribution in [2.75, 3.05) is 0 Å². The first-order valence-corrected chi connectivity index (χ1v) is 8.20. The van der Waals surface area contributed by atoms with Gasteiger partial charge < -0.3 is 15.5 Å². The summed E-state index contributed by atoms with van der Waals surface area (Å²) in [6, 6.07) is 6.86. The van der Waals surface area contributed by atoms with E-state index < -0.39 is 55.2 Å². The fourth-order valence-electron chi connectivity index (χ4n) is 2.45. The van der Waals surface area contributed by atoms with Gasteiger partial charge in [-0.3, -0.25) is 14.4 Å². The van der Waals surface area contributed by atoms with Crippen LogP contribution in [0.4, 0.5) is 8.78 Å². The van der Waals surface area contributed by atoms with Crippen LogP contribution in [0.2, 0.25) is 0 Å². The molecule has 7 nitrogen and oxygen atoms in total. The molecule has 1 heterocycles. The zero-order chi connectivity index (χ0) is 19.9. The minimum atomic E-state index is -3.09. The van der Waals surface area contributed by atoms with Crippen molar-refractivity contribution in [3.63, 3.8) is 0 Å². The first kappa shape index (κ1) is 20.2. The maximum Gasteiger partial charge on any atom is 0.265 e. The highest BCUT2D eigenvalue weighted by Crippen LogP contribution is 2.25. The van der Waals surface area contributed by atoms with Crippen molar-refractivity contribution in [3.05, 3.63) is 54.2 Å². The summed E-state index contributed by atoms with van der Waals surface area (Å²) in [5.41, 5.74) is 5.53.